The molecule has 6 atom stereocenters. The quantitative estimate of drug-likeness (QED) is 0.533. The van der Waals surface area contributed by atoms with Crippen molar-refractivity contribution in [3.05, 3.63) is 0 Å². The van der Waals surface area contributed by atoms with Gasteiger partial charge in [0.15, 0.2) is 0 Å². The van der Waals surface area contributed by atoms with Crippen LogP contribution in [0.1, 0.15) is 32.1 Å². The van der Waals surface area contributed by atoms with E-state index in [-0.39, 0.29) is 0 Å². The first-order valence-electron chi connectivity index (χ1n) is 5.55. The molecule has 0 aromatic heterocycles. The third-order valence-corrected chi connectivity index (χ3v) is 4.91. The first kappa shape index (κ1) is 6.42. The van der Waals surface area contributed by atoms with Crippen LogP contribution in [0.2, 0.25) is 0 Å². The van der Waals surface area contributed by atoms with Crippen LogP contribution in [0.15, 0.2) is 0 Å². The highest BCUT2D eigenvalue weighted by Gasteiger charge is 2.55. The van der Waals surface area contributed by atoms with E-state index in [2.05, 4.69) is 0 Å². The van der Waals surface area contributed by atoms with Gasteiger partial charge >= 0.3 is 0 Å². The number of rotatable bonds is 0. The summed E-state index contributed by atoms with van der Waals surface area (Å²) in [6.07, 6.45) is 8.80. The predicted molar refractivity (Wildman–Crippen MR) is 45.7 cm³/mol. The van der Waals surface area contributed by atoms with Crippen molar-refractivity contribution < 1.29 is 4.74 Å². The molecule has 1 saturated heterocycles. The van der Waals surface area contributed by atoms with Gasteiger partial charge in [0.05, 0.1) is 12.2 Å². The molecule has 1 nitrogen and oxygen atoms in total. The molecule has 4 fully saturated rings. The van der Waals surface area contributed by atoms with Crippen LogP contribution >= 0.6 is 0 Å². The van der Waals surface area contributed by atoms with Gasteiger partial charge in [0.2, 0.25) is 0 Å². The van der Waals surface area contributed by atoms with Crippen molar-refractivity contribution in [2.45, 2.75) is 44.3 Å². The summed E-state index contributed by atoms with van der Waals surface area (Å²) in [5, 5.41) is 0. The number of hydrogen-bond donors (Lipinski definition) is 0. The minimum absolute atomic E-state index is 0.696. The Morgan fingerprint density at radius 3 is 2.67 bits per heavy atom. The van der Waals surface area contributed by atoms with Gasteiger partial charge in [-0.15, -0.1) is 0 Å². The molecule has 0 aromatic carbocycles. The smallest absolute Gasteiger partial charge is 0.0613 e. The van der Waals surface area contributed by atoms with Crippen molar-refractivity contribution in [1.82, 2.24) is 0 Å². The zero-order valence-electron chi connectivity index (χ0n) is 7.41. The van der Waals surface area contributed by atoms with E-state index >= 15 is 0 Å². The minimum atomic E-state index is 0.696. The largest absolute Gasteiger partial charge is 0.374 e. The Kier molecular flexibility index (Phi) is 1.01. The molecule has 0 amide bonds. The molecule has 0 aromatic rings. The van der Waals surface area contributed by atoms with Crippen molar-refractivity contribution in [2.75, 3.05) is 0 Å². The standard InChI is InChI=1S/C11H16O/c1-6-2-8-4-7(1)9-5-10(8)12-11(9)3-6/h6-11H,1-5H2. The molecule has 4 rings (SSSR count). The highest BCUT2D eigenvalue weighted by molar-refractivity contribution is 5.04. The highest BCUT2D eigenvalue weighted by atomic mass is 16.5. The lowest BCUT2D eigenvalue weighted by Crippen LogP contribution is -2.41. The normalized spacial score (nSPS) is 66.0. The van der Waals surface area contributed by atoms with Gasteiger partial charge in [0, 0.05) is 0 Å². The SMILES string of the molecule is C1C2CC3CC1C1CC3C(C2)O1. The number of fused-ring (bicyclic) bond motifs is 4. The van der Waals surface area contributed by atoms with Crippen molar-refractivity contribution in [3.8, 4) is 0 Å². The first-order chi connectivity index (χ1) is 5.90. The molecule has 0 radical (unpaired) electrons. The Morgan fingerprint density at radius 2 is 1.67 bits per heavy atom. The average molecular weight is 164 g/mol. The molecule has 66 valence electrons. The summed E-state index contributed by atoms with van der Waals surface area (Å²) >= 11 is 0. The molecule has 0 spiro atoms. The van der Waals surface area contributed by atoms with E-state index < -0.39 is 0 Å². The van der Waals surface area contributed by atoms with Crippen LogP contribution in [0.25, 0.3) is 0 Å². The van der Waals surface area contributed by atoms with Gasteiger partial charge in [0.1, 0.15) is 0 Å². The molecule has 5 bridgehead atoms. The maximum absolute atomic E-state index is 6.11. The molecule has 1 heteroatoms. The summed E-state index contributed by atoms with van der Waals surface area (Å²) in [6, 6.07) is 0. The molecule has 4 aliphatic rings. The maximum Gasteiger partial charge on any atom is 0.0613 e. The third kappa shape index (κ3) is 0.618. The molecule has 3 saturated carbocycles. The second-order valence-corrected chi connectivity index (χ2v) is 5.44. The van der Waals surface area contributed by atoms with E-state index in [0.717, 1.165) is 23.7 Å². The van der Waals surface area contributed by atoms with Crippen LogP contribution in [0.5, 0.6) is 0 Å². The zero-order chi connectivity index (χ0) is 7.71. The fourth-order valence-corrected chi connectivity index (χ4v) is 4.54. The summed E-state index contributed by atoms with van der Waals surface area (Å²) in [5.41, 5.74) is 0. The fourth-order valence-electron chi connectivity index (χ4n) is 4.54. The molecule has 12 heavy (non-hydrogen) atoms. The summed E-state index contributed by atoms with van der Waals surface area (Å²) < 4.78 is 6.11. The third-order valence-electron chi connectivity index (χ3n) is 4.91. The lowest BCUT2D eigenvalue weighted by atomic mass is 9.58. The van der Waals surface area contributed by atoms with E-state index in [4.69, 9.17) is 4.74 Å². The Labute approximate surface area is 73.5 Å². The van der Waals surface area contributed by atoms with E-state index in [1.54, 1.807) is 6.42 Å². The first-order valence-corrected chi connectivity index (χ1v) is 5.55. The van der Waals surface area contributed by atoms with Gasteiger partial charge in [-0.2, -0.15) is 0 Å². The summed E-state index contributed by atoms with van der Waals surface area (Å²) in [4.78, 5) is 0. The van der Waals surface area contributed by atoms with Crippen molar-refractivity contribution in [1.29, 1.82) is 0 Å². The van der Waals surface area contributed by atoms with Gasteiger partial charge in [0.25, 0.3) is 0 Å². The fraction of sp³-hybridized carbons (Fsp3) is 1.00. The van der Waals surface area contributed by atoms with E-state index in [1.807, 2.05) is 0 Å². The van der Waals surface area contributed by atoms with Crippen LogP contribution in [0.3, 0.4) is 0 Å². The molecule has 3 aliphatic carbocycles. The van der Waals surface area contributed by atoms with Crippen LogP contribution in [0.4, 0.5) is 0 Å². The Morgan fingerprint density at radius 1 is 0.750 bits per heavy atom. The van der Waals surface area contributed by atoms with Crippen LogP contribution in [-0.2, 0) is 4.74 Å². The predicted octanol–water partition coefficient (Wildman–Crippen LogP) is 2.21. The zero-order valence-corrected chi connectivity index (χ0v) is 7.41. The second-order valence-electron chi connectivity index (χ2n) is 5.44. The van der Waals surface area contributed by atoms with Crippen molar-refractivity contribution in [2.24, 2.45) is 23.7 Å². The van der Waals surface area contributed by atoms with Gasteiger partial charge in [-0.05, 0) is 55.8 Å². The molecule has 1 aliphatic heterocycles. The van der Waals surface area contributed by atoms with Crippen LogP contribution in [0, 0.1) is 23.7 Å². The van der Waals surface area contributed by atoms with Gasteiger partial charge < -0.3 is 4.74 Å². The topological polar surface area (TPSA) is 9.23 Å². The lowest BCUT2D eigenvalue weighted by Gasteiger charge is -2.46. The van der Waals surface area contributed by atoms with Crippen molar-refractivity contribution >= 4 is 0 Å². The maximum atomic E-state index is 6.11. The molecular weight excluding hydrogens is 148 g/mol. The highest BCUT2D eigenvalue weighted by Crippen LogP contribution is 2.58. The molecule has 6 unspecified atom stereocenters. The molecule has 0 N–H and O–H groups in total. The Balaban J connectivity index is 1.84. The second kappa shape index (κ2) is 1.89. The van der Waals surface area contributed by atoms with Crippen molar-refractivity contribution in [3.63, 3.8) is 0 Å². The summed E-state index contributed by atoms with van der Waals surface area (Å²) in [6.45, 7) is 0. The Bertz CT molecular complexity index is 208. The lowest BCUT2D eigenvalue weighted by molar-refractivity contribution is 0.0232. The van der Waals surface area contributed by atoms with Crippen LogP contribution < -0.4 is 0 Å². The summed E-state index contributed by atoms with van der Waals surface area (Å²) in [5.74, 6) is 4.09. The van der Waals surface area contributed by atoms with Gasteiger partial charge in [-0.25, -0.2) is 0 Å². The van der Waals surface area contributed by atoms with E-state index in [1.165, 1.54) is 25.7 Å². The summed E-state index contributed by atoms with van der Waals surface area (Å²) in [7, 11) is 0. The monoisotopic (exact) mass is 164 g/mol. The molecular formula is C11H16O. The van der Waals surface area contributed by atoms with Gasteiger partial charge in [-0.3, -0.25) is 0 Å². The van der Waals surface area contributed by atoms with E-state index in [9.17, 15) is 0 Å². The van der Waals surface area contributed by atoms with E-state index in [0.29, 0.717) is 12.2 Å². The Hall–Kier alpha value is -0.0400. The minimum Gasteiger partial charge on any atom is -0.374 e. The average Bonchev–Trinajstić information content (AvgIpc) is 2.39. The molecule has 1 heterocycles. The van der Waals surface area contributed by atoms with Gasteiger partial charge in [-0.1, -0.05) is 0 Å². The number of ether oxygens (including phenoxy) is 1. The van der Waals surface area contributed by atoms with Crippen LogP contribution in [-0.4, -0.2) is 12.2 Å². The number of hydrogen-bond acceptors (Lipinski definition) is 1.